The zero-order chi connectivity index (χ0) is 24.9. The summed E-state index contributed by atoms with van der Waals surface area (Å²) in [6.45, 7) is 1.94. The van der Waals surface area contributed by atoms with E-state index in [0.29, 0.717) is 6.42 Å². The van der Waals surface area contributed by atoms with Crippen LogP contribution in [0.2, 0.25) is 5.02 Å². The molecule has 1 unspecified atom stereocenters. The molecule has 1 aliphatic heterocycles. The number of rotatable bonds is 8. The second-order valence-electron chi connectivity index (χ2n) is 7.50. The lowest BCUT2D eigenvalue weighted by molar-refractivity contribution is -0.145. The van der Waals surface area contributed by atoms with Gasteiger partial charge in [0.25, 0.3) is 11.8 Å². The maximum Gasteiger partial charge on any atom is 0.426 e. The van der Waals surface area contributed by atoms with Crippen molar-refractivity contribution < 1.29 is 42.9 Å². The minimum absolute atomic E-state index is 0.0934. The van der Waals surface area contributed by atoms with Crippen molar-refractivity contribution in [1.82, 2.24) is 21.1 Å². The predicted molar refractivity (Wildman–Crippen MR) is 115 cm³/mol. The first-order chi connectivity index (χ1) is 15.4. The van der Waals surface area contributed by atoms with Gasteiger partial charge in [0.05, 0.1) is 17.1 Å². The fraction of sp³-hybridized carbons (Fsp3) is 0.444. The molecule has 1 aliphatic rings. The Balaban J connectivity index is 1.78. The SMILES string of the molecule is C[C@@H]1CC(=O)N1C[C@](C)(COC(=O)NNC(=O)CNC(=O)c1ccc(O)c(O)c1Cl)S(=O)O. The van der Waals surface area contributed by atoms with Crippen LogP contribution >= 0.6 is 11.6 Å². The summed E-state index contributed by atoms with van der Waals surface area (Å²) in [6.07, 6.45) is -0.807. The van der Waals surface area contributed by atoms with E-state index in [-0.39, 0.29) is 24.1 Å². The molecule has 3 atom stereocenters. The number of hydrazine groups is 1. The minimum Gasteiger partial charge on any atom is -0.504 e. The fourth-order valence-corrected chi connectivity index (χ4v) is 3.43. The van der Waals surface area contributed by atoms with Gasteiger partial charge in [-0.2, -0.15) is 0 Å². The van der Waals surface area contributed by atoms with Crippen molar-refractivity contribution in [2.45, 2.75) is 31.1 Å². The van der Waals surface area contributed by atoms with Crippen LogP contribution < -0.4 is 16.2 Å². The number of carbonyl (C=O) groups is 4. The Morgan fingerprint density at radius 2 is 1.97 bits per heavy atom. The summed E-state index contributed by atoms with van der Waals surface area (Å²) in [7, 11) is 0. The molecule has 2 rings (SSSR count). The summed E-state index contributed by atoms with van der Waals surface area (Å²) in [5.74, 6) is -3.08. The van der Waals surface area contributed by atoms with Crippen molar-refractivity contribution in [2.75, 3.05) is 19.7 Å². The van der Waals surface area contributed by atoms with Crippen LogP contribution in [0.1, 0.15) is 30.6 Å². The number of phenols is 2. The molecule has 13 nitrogen and oxygen atoms in total. The highest BCUT2D eigenvalue weighted by atomic mass is 35.5. The lowest BCUT2D eigenvalue weighted by Gasteiger charge is -2.42. The second kappa shape index (κ2) is 10.7. The summed E-state index contributed by atoms with van der Waals surface area (Å²) >= 11 is 3.33. The number of benzene rings is 1. The van der Waals surface area contributed by atoms with Gasteiger partial charge < -0.3 is 29.7 Å². The molecule has 15 heteroatoms. The molecule has 6 N–H and O–H groups in total. The van der Waals surface area contributed by atoms with Gasteiger partial charge >= 0.3 is 6.09 Å². The first kappa shape index (κ1) is 26.2. The quantitative estimate of drug-likeness (QED) is 0.120. The van der Waals surface area contributed by atoms with E-state index in [9.17, 15) is 38.2 Å². The van der Waals surface area contributed by atoms with Gasteiger partial charge in [-0.3, -0.25) is 19.8 Å². The first-order valence-electron chi connectivity index (χ1n) is 9.46. The average Bonchev–Trinajstić information content (AvgIpc) is 2.76. The van der Waals surface area contributed by atoms with E-state index in [0.717, 1.165) is 12.1 Å². The Morgan fingerprint density at radius 3 is 2.55 bits per heavy atom. The number of ether oxygens (including phenoxy) is 1. The van der Waals surface area contributed by atoms with E-state index in [1.165, 1.54) is 11.8 Å². The maximum atomic E-state index is 12.1. The standard InChI is InChI=1S/C18H23ClN4O9S/c1-9-5-13(26)23(9)7-18(2,33(30)31)8-32-17(29)22-21-12(25)6-20-16(28)10-3-4-11(24)15(27)14(10)19/h3-4,9,24,27H,5-8H2,1-2H3,(H,20,28)(H,21,25)(H,22,29)(H,30,31)/t9-,18-/m1/s1. The molecule has 0 radical (unpaired) electrons. The van der Waals surface area contributed by atoms with E-state index in [1.807, 2.05) is 10.9 Å². The molecule has 1 aromatic rings. The van der Waals surface area contributed by atoms with Crippen LogP contribution in [-0.2, 0) is 25.4 Å². The highest BCUT2D eigenvalue weighted by molar-refractivity contribution is 7.80. The smallest absolute Gasteiger partial charge is 0.426 e. The molecule has 1 heterocycles. The summed E-state index contributed by atoms with van der Waals surface area (Å²) in [4.78, 5) is 48.7. The number of halogens is 1. The first-order valence-corrected chi connectivity index (χ1v) is 10.9. The summed E-state index contributed by atoms with van der Waals surface area (Å²) in [5, 5.41) is 20.6. The number of carbonyl (C=O) groups excluding carboxylic acids is 4. The molecule has 1 fully saturated rings. The molecule has 0 bridgehead atoms. The molecule has 182 valence electrons. The van der Waals surface area contributed by atoms with Crippen LogP contribution in [0.4, 0.5) is 4.79 Å². The zero-order valence-electron chi connectivity index (χ0n) is 17.6. The zero-order valence-corrected chi connectivity index (χ0v) is 19.2. The van der Waals surface area contributed by atoms with Gasteiger partial charge in [0.2, 0.25) is 5.91 Å². The molecule has 33 heavy (non-hydrogen) atoms. The number of aromatic hydroxyl groups is 2. The topological polar surface area (TPSA) is 195 Å². The van der Waals surface area contributed by atoms with Crippen LogP contribution in [0.15, 0.2) is 12.1 Å². The van der Waals surface area contributed by atoms with Gasteiger partial charge in [-0.15, -0.1) is 0 Å². The number of amides is 4. The molecular weight excluding hydrogens is 484 g/mol. The third kappa shape index (κ3) is 6.46. The van der Waals surface area contributed by atoms with E-state index in [4.69, 9.17) is 16.3 Å². The van der Waals surface area contributed by atoms with Crippen molar-refractivity contribution in [2.24, 2.45) is 0 Å². The van der Waals surface area contributed by atoms with Crippen LogP contribution in [0.3, 0.4) is 0 Å². The fourth-order valence-electron chi connectivity index (χ4n) is 2.77. The van der Waals surface area contributed by atoms with E-state index >= 15 is 0 Å². The highest BCUT2D eigenvalue weighted by Gasteiger charge is 2.42. The average molecular weight is 507 g/mol. The number of phenolic OH excluding ortho intramolecular Hbond substituents is 2. The van der Waals surface area contributed by atoms with E-state index in [2.05, 4.69) is 5.32 Å². The normalized spacial score (nSPS) is 17.9. The van der Waals surface area contributed by atoms with Gasteiger partial charge in [-0.25, -0.2) is 14.4 Å². The molecule has 0 aromatic heterocycles. The number of β-lactam (4-membered cyclic amide) rings is 1. The van der Waals surface area contributed by atoms with Crippen LogP contribution in [0, 0.1) is 0 Å². The Hall–Kier alpha value is -3.10. The number of nitrogens with one attached hydrogen (secondary N) is 3. The second-order valence-corrected chi connectivity index (χ2v) is 9.36. The van der Waals surface area contributed by atoms with Crippen molar-refractivity contribution >= 4 is 46.5 Å². The van der Waals surface area contributed by atoms with Crippen molar-refractivity contribution in [3.05, 3.63) is 22.7 Å². The molecule has 0 saturated carbocycles. The Bertz CT molecular complexity index is 992. The van der Waals surface area contributed by atoms with Gasteiger partial charge in [0.15, 0.2) is 22.6 Å². The number of hydrogen-bond donors (Lipinski definition) is 6. The number of hydrogen-bond acceptors (Lipinski definition) is 8. The third-order valence-corrected chi connectivity index (χ3v) is 6.28. The predicted octanol–water partition coefficient (Wildman–Crippen LogP) is -0.160. The monoisotopic (exact) mass is 506 g/mol. The van der Waals surface area contributed by atoms with Crippen LogP contribution in [0.5, 0.6) is 11.5 Å². The molecule has 4 amide bonds. The van der Waals surface area contributed by atoms with Gasteiger partial charge in [-0.05, 0) is 26.0 Å². The Kier molecular flexibility index (Phi) is 8.46. The summed E-state index contributed by atoms with van der Waals surface area (Å²) in [5.41, 5.74) is 3.68. The van der Waals surface area contributed by atoms with Crippen LogP contribution in [-0.4, -0.2) is 78.2 Å². The Labute approximate surface area is 195 Å². The van der Waals surface area contributed by atoms with Gasteiger partial charge in [0, 0.05) is 19.0 Å². The number of likely N-dealkylation sites (tertiary alicyclic amines) is 1. The van der Waals surface area contributed by atoms with Crippen molar-refractivity contribution in [1.29, 1.82) is 0 Å². The molecule has 0 aliphatic carbocycles. The van der Waals surface area contributed by atoms with Gasteiger partial charge in [-0.1, -0.05) is 11.6 Å². The van der Waals surface area contributed by atoms with E-state index < -0.39 is 63.4 Å². The minimum atomic E-state index is -2.43. The summed E-state index contributed by atoms with van der Waals surface area (Å²) in [6, 6.07) is 2.08. The number of nitrogens with zero attached hydrogens (tertiary/aromatic N) is 1. The lowest BCUT2D eigenvalue weighted by atomic mass is 10.0. The van der Waals surface area contributed by atoms with Crippen LogP contribution in [0.25, 0.3) is 0 Å². The van der Waals surface area contributed by atoms with E-state index in [1.54, 1.807) is 6.92 Å². The van der Waals surface area contributed by atoms with Gasteiger partial charge in [0.1, 0.15) is 11.4 Å². The highest BCUT2D eigenvalue weighted by Crippen LogP contribution is 2.35. The largest absolute Gasteiger partial charge is 0.504 e. The molecule has 1 saturated heterocycles. The Morgan fingerprint density at radius 1 is 1.30 bits per heavy atom. The maximum absolute atomic E-state index is 12.1. The molecule has 1 aromatic carbocycles. The molecule has 0 spiro atoms. The third-order valence-electron chi connectivity index (χ3n) is 4.81. The van der Waals surface area contributed by atoms with Crippen molar-refractivity contribution in [3.8, 4) is 11.5 Å². The molecular formula is C18H23ClN4O9S. The lowest BCUT2D eigenvalue weighted by Crippen LogP contribution is -2.59. The summed E-state index contributed by atoms with van der Waals surface area (Å²) < 4.78 is 24.7. The van der Waals surface area contributed by atoms with Crippen molar-refractivity contribution in [3.63, 3.8) is 0 Å².